The first-order valence-corrected chi connectivity index (χ1v) is 6.59. The van der Waals surface area contributed by atoms with Gasteiger partial charge in [0.15, 0.2) is 11.5 Å². The number of fused-ring (bicyclic) bond motifs is 1. The van der Waals surface area contributed by atoms with Gasteiger partial charge in [-0.1, -0.05) is 0 Å². The lowest BCUT2D eigenvalue weighted by molar-refractivity contribution is -0.121. The Balaban J connectivity index is 1.91. The zero-order valence-corrected chi connectivity index (χ0v) is 11.2. The van der Waals surface area contributed by atoms with Gasteiger partial charge < -0.3 is 9.47 Å². The molecule has 5 nitrogen and oxygen atoms in total. The van der Waals surface area contributed by atoms with Crippen molar-refractivity contribution in [3.8, 4) is 11.5 Å². The second-order valence-electron chi connectivity index (χ2n) is 4.70. The largest absolute Gasteiger partial charge is 0.486 e. The number of amides is 1. The highest BCUT2D eigenvalue weighted by Gasteiger charge is 2.13. The van der Waals surface area contributed by atoms with E-state index in [2.05, 4.69) is 12.3 Å². The van der Waals surface area contributed by atoms with Crippen LogP contribution in [0.25, 0.3) is 0 Å². The average Bonchev–Trinajstić information content (AvgIpc) is 2.43. The van der Waals surface area contributed by atoms with Crippen molar-refractivity contribution in [2.45, 2.75) is 32.6 Å². The van der Waals surface area contributed by atoms with Crippen LogP contribution in [-0.4, -0.2) is 19.1 Å². The fourth-order valence-electron chi connectivity index (χ4n) is 2.18. The van der Waals surface area contributed by atoms with Crippen molar-refractivity contribution in [2.75, 3.05) is 13.2 Å². The Morgan fingerprint density at radius 3 is 2.63 bits per heavy atom. The van der Waals surface area contributed by atoms with Gasteiger partial charge in [0.1, 0.15) is 13.2 Å². The van der Waals surface area contributed by atoms with Crippen LogP contribution in [0.2, 0.25) is 0 Å². The fourth-order valence-corrected chi connectivity index (χ4v) is 2.18. The number of benzene rings is 1. The molecular formula is C14H20N2O3. The number of aryl methyl sites for hydroxylation is 2. The van der Waals surface area contributed by atoms with E-state index >= 15 is 0 Å². The van der Waals surface area contributed by atoms with E-state index in [1.54, 1.807) is 0 Å². The van der Waals surface area contributed by atoms with Gasteiger partial charge in [-0.2, -0.15) is 0 Å². The van der Waals surface area contributed by atoms with E-state index in [4.69, 9.17) is 15.3 Å². The van der Waals surface area contributed by atoms with Crippen LogP contribution in [0.1, 0.15) is 30.4 Å². The molecule has 0 atom stereocenters. The van der Waals surface area contributed by atoms with E-state index in [0.29, 0.717) is 19.6 Å². The molecule has 0 unspecified atom stereocenters. The van der Waals surface area contributed by atoms with Crippen LogP contribution < -0.4 is 20.7 Å². The molecule has 104 valence electrons. The van der Waals surface area contributed by atoms with Crippen LogP contribution in [0.4, 0.5) is 0 Å². The lowest BCUT2D eigenvalue weighted by atomic mass is 10.0. The third-order valence-corrected chi connectivity index (χ3v) is 3.26. The van der Waals surface area contributed by atoms with Crippen molar-refractivity contribution in [3.63, 3.8) is 0 Å². The maximum Gasteiger partial charge on any atom is 0.233 e. The van der Waals surface area contributed by atoms with Gasteiger partial charge in [0.05, 0.1) is 0 Å². The van der Waals surface area contributed by atoms with Crippen LogP contribution in [-0.2, 0) is 11.2 Å². The number of carbonyl (C=O) groups excluding carboxylic acids is 1. The predicted octanol–water partition coefficient (Wildman–Crippen LogP) is 1.47. The lowest BCUT2D eigenvalue weighted by Gasteiger charge is -2.20. The van der Waals surface area contributed by atoms with Crippen molar-refractivity contribution >= 4 is 5.91 Å². The van der Waals surface area contributed by atoms with Crippen LogP contribution in [0.15, 0.2) is 12.1 Å². The standard InChI is InChI=1S/C14H20N2O3/c1-10-8-12-13(19-7-6-18-12)9-11(10)4-2-3-5-14(17)16-15/h8-9H,2-7,15H2,1H3,(H,16,17). The summed E-state index contributed by atoms with van der Waals surface area (Å²) in [6.07, 6.45) is 3.19. The minimum absolute atomic E-state index is 0.112. The van der Waals surface area contributed by atoms with Crippen molar-refractivity contribution in [1.82, 2.24) is 5.43 Å². The summed E-state index contributed by atoms with van der Waals surface area (Å²) < 4.78 is 11.1. The third kappa shape index (κ3) is 3.61. The number of hydrogen-bond acceptors (Lipinski definition) is 4. The molecule has 0 saturated heterocycles. The number of carbonyl (C=O) groups is 1. The van der Waals surface area contributed by atoms with Crippen molar-refractivity contribution in [3.05, 3.63) is 23.3 Å². The number of ether oxygens (including phenoxy) is 2. The monoisotopic (exact) mass is 264 g/mol. The Kier molecular flexibility index (Phi) is 4.63. The molecular weight excluding hydrogens is 244 g/mol. The molecule has 0 aliphatic carbocycles. The van der Waals surface area contributed by atoms with E-state index in [-0.39, 0.29) is 5.91 Å². The van der Waals surface area contributed by atoms with Gasteiger partial charge in [0.2, 0.25) is 5.91 Å². The highest BCUT2D eigenvalue weighted by molar-refractivity contribution is 5.75. The Labute approximate surface area is 113 Å². The zero-order chi connectivity index (χ0) is 13.7. The van der Waals surface area contributed by atoms with E-state index in [1.807, 2.05) is 12.1 Å². The molecule has 1 aromatic carbocycles. The maximum absolute atomic E-state index is 11.0. The smallest absolute Gasteiger partial charge is 0.233 e. The number of nitrogens with two attached hydrogens (primary N) is 1. The Morgan fingerprint density at radius 1 is 1.26 bits per heavy atom. The number of hydrazine groups is 1. The summed E-state index contributed by atoms with van der Waals surface area (Å²) in [5.74, 6) is 6.58. The summed E-state index contributed by atoms with van der Waals surface area (Å²) in [6, 6.07) is 4.07. The molecule has 3 N–H and O–H groups in total. The fraction of sp³-hybridized carbons (Fsp3) is 0.500. The van der Waals surface area contributed by atoms with Crippen molar-refractivity contribution in [1.29, 1.82) is 0 Å². The minimum Gasteiger partial charge on any atom is -0.486 e. The van der Waals surface area contributed by atoms with E-state index in [1.165, 1.54) is 11.1 Å². The van der Waals surface area contributed by atoms with Crippen LogP contribution in [0.3, 0.4) is 0 Å². The minimum atomic E-state index is -0.112. The quantitative estimate of drug-likeness (QED) is 0.365. The number of rotatable bonds is 5. The summed E-state index contributed by atoms with van der Waals surface area (Å²) in [4.78, 5) is 11.0. The van der Waals surface area contributed by atoms with Crippen LogP contribution in [0.5, 0.6) is 11.5 Å². The molecule has 0 spiro atoms. The Morgan fingerprint density at radius 2 is 1.95 bits per heavy atom. The lowest BCUT2D eigenvalue weighted by Crippen LogP contribution is -2.29. The highest BCUT2D eigenvalue weighted by atomic mass is 16.6. The maximum atomic E-state index is 11.0. The van der Waals surface area contributed by atoms with Gasteiger partial charge >= 0.3 is 0 Å². The molecule has 1 aromatic rings. The number of hydrogen-bond donors (Lipinski definition) is 2. The number of nitrogens with one attached hydrogen (secondary N) is 1. The molecule has 1 aliphatic rings. The molecule has 1 heterocycles. The molecule has 5 heteroatoms. The van der Waals surface area contributed by atoms with Gasteiger partial charge in [-0.25, -0.2) is 5.84 Å². The molecule has 1 aliphatic heterocycles. The first kappa shape index (κ1) is 13.7. The molecule has 0 radical (unpaired) electrons. The van der Waals surface area contributed by atoms with Gasteiger partial charge in [0, 0.05) is 6.42 Å². The molecule has 0 saturated carbocycles. The van der Waals surface area contributed by atoms with E-state index in [0.717, 1.165) is 30.8 Å². The van der Waals surface area contributed by atoms with Crippen LogP contribution >= 0.6 is 0 Å². The van der Waals surface area contributed by atoms with Gasteiger partial charge in [-0.3, -0.25) is 10.2 Å². The molecule has 0 fully saturated rings. The predicted molar refractivity (Wildman–Crippen MR) is 72.1 cm³/mol. The van der Waals surface area contributed by atoms with Gasteiger partial charge in [0.25, 0.3) is 0 Å². The van der Waals surface area contributed by atoms with Crippen molar-refractivity contribution in [2.24, 2.45) is 5.84 Å². The second-order valence-corrected chi connectivity index (χ2v) is 4.70. The summed E-state index contributed by atoms with van der Waals surface area (Å²) in [5, 5.41) is 0. The summed E-state index contributed by atoms with van der Waals surface area (Å²) in [5.41, 5.74) is 4.59. The second kappa shape index (κ2) is 6.43. The first-order chi connectivity index (χ1) is 9.20. The molecule has 1 amide bonds. The van der Waals surface area contributed by atoms with E-state index < -0.39 is 0 Å². The van der Waals surface area contributed by atoms with E-state index in [9.17, 15) is 4.79 Å². The molecule has 0 bridgehead atoms. The highest BCUT2D eigenvalue weighted by Crippen LogP contribution is 2.33. The average molecular weight is 264 g/mol. The molecule has 0 aromatic heterocycles. The van der Waals surface area contributed by atoms with Crippen LogP contribution in [0, 0.1) is 6.92 Å². The van der Waals surface area contributed by atoms with Crippen molar-refractivity contribution < 1.29 is 14.3 Å². The summed E-state index contributed by atoms with van der Waals surface area (Å²) >= 11 is 0. The number of unbranched alkanes of at least 4 members (excludes halogenated alkanes) is 1. The Bertz CT molecular complexity index is 460. The molecule has 19 heavy (non-hydrogen) atoms. The summed E-state index contributed by atoms with van der Waals surface area (Å²) in [6.45, 7) is 3.28. The third-order valence-electron chi connectivity index (χ3n) is 3.26. The Hall–Kier alpha value is -1.75. The molecule has 2 rings (SSSR count). The SMILES string of the molecule is Cc1cc2c(cc1CCCCC(=O)NN)OCCO2. The van der Waals surface area contributed by atoms with Gasteiger partial charge in [-0.15, -0.1) is 0 Å². The zero-order valence-electron chi connectivity index (χ0n) is 11.2. The van der Waals surface area contributed by atoms with Gasteiger partial charge in [-0.05, 0) is 49.4 Å². The first-order valence-electron chi connectivity index (χ1n) is 6.59. The normalized spacial score (nSPS) is 13.2. The topological polar surface area (TPSA) is 73.6 Å². The summed E-state index contributed by atoms with van der Waals surface area (Å²) in [7, 11) is 0.